The first-order chi connectivity index (χ1) is 13.3. The van der Waals surface area contributed by atoms with Gasteiger partial charge >= 0.3 is 15.6 Å². The second kappa shape index (κ2) is 9.64. The van der Waals surface area contributed by atoms with Crippen LogP contribution in [-0.4, -0.2) is 15.9 Å². The van der Waals surface area contributed by atoms with Crippen LogP contribution in [0.25, 0.3) is 0 Å². The van der Waals surface area contributed by atoms with Crippen molar-refractivity contribution in [3.63, 3.8) is 0 Å². The third kappa shape index (κ3) is 6.92. The highest BCUT2D eigenvalue weighted by Gasteiger charge is 2.43. The zero-order valence-electron chi connectivity index (χ0n) is 18.1. The molecule has 1 aliphatic rings. The Morgan fingerprint density at radius 2 is 1.72 bits per heavy atom. The van der Waals surface area contributed by atoms with E-state index in [0.29, 0.717) is 17.9 Å². The van der Waals surface area contributed by atoms with Crippen molar-refractivity contribution in [1.82, 2.24) is 0 Å². The van der Waals surface area contributed by atoms with Gasteiger partial charge in [0.05, 0.1) is 6.10 Å². The topological polar surface area (TPSA) is 102 Å². The summed E-state index contributed by atoms with van der Waals surface area (Å²) in [6.45, 7) is 11.8. The van der Waals surface area contributed by atoms with E-state index in [1.54, 1.807) is 12.1 Å². The third-order valence-corrected chi connectivity index (χ3v) is 8.10. The third-order valence-electron chi connectivity index (χ3n) is 5.48. The maximum Gasteiger partial charge on any atom is 0.536 e. The van der Waals surface area contributed by atoms with E-state index in [-0.39, 0.29) is 23.5 Å². The first-order valence-electron chi connectivity index (χ1n) is 10.2. The lowest BCUT2D eigenvalue weighted by Gasteiger charge is -2.39. The molecule has 0 bridgehead atoms. The zero-order chi connectivity index (χ0) is 22.0. The normalized spacial score (nSPS) is 26.9. The minimum atomic E-state index is -4.89. The predicted molar refractivity (Wildman–Crippen MR) is 113 cm³/mol. The second-order valence-corrected chi connectivity index (χ2v) is 11.6. The molecule has 1 saturated carbocycles. The van der Waals surface area contributed by atoms with Crippen molar-refractivity contribution in [1.29, 1.82) is 0 Å². The average Bonchev–Trinajstić information content (AvgIpc) is 2.51. The summed E-state index contributed by atoms with van der Waals surface area (Å²) >= 11 is 0. The van der Waals surface area contributed by atoms with Crippen molar-refractivity contribution in [3.05, 3.63) is 29.3 Å². The number of phosphoric ester groups is 2. The minimum absolute atomic E-state index is 0.0262. The molecule has 1 aromatic rings. The Balaban J connectivity index is 2.15. The Bertz CT molecular complexity index is 793. The smallest absolute Gasteiger partial charge is 0.404 e. The molecule has 5 atom stereocenters. The summed E-state index contributed by atoms with van der Waals surface area (Å²) in [6, 6.07) is 5.26. The summed E-state index contributed by atoms with van der Waals surface area (Å²) in [5.41, 5.74) is 1.52. The molecule has 2 rings (SSSR count). The molecule has 1 fully saturated rings. The fourth-order valence-electron chi connectivity index (χ4n) is 4.26. The quantitative estimate of drug-likeness (QED) is 0.457. The summed E-state index contributed by atoms with van der Waals surface area (Å²) in [4.78, 5) is 20.4. The van der Waals surface area contributed by atoms with E-state index < -0.39 is 21.7 Å². The highest BCUT2D eigenvalue weighted by atomic mass is 31.3. The maximum absolute atomic E-state index is 12.5. The monoisotopic (exact) mass is 448 g/mol. The van der Waals surface area contributed by atoms with Gasteiger partial charge in [-0.1, -0.05) is 59.6 Å². The van der Waals surface area contributed by atoms with Crippen LogP contribution in [-0.2, 0) is 18.0 Å². The van der Waals surface area contributed by atoms with E-state index in [1.807, 2.05) is 40.7 Å². The van der Waals surface area contributed by atoms with E-state index in [1.165, 1.54) is 0 Å². The van der Waals surface area contributed by atoms with E-state index in [0.717, 1.165) is 18.4 Å². The number of hydrogen-bond acceptors (Lipinski definition) is 5. The summed E-state index contributed by atoms with van der Waals surface area (Å²) in [5, 5.41) is 0. The Morgan fingerprint density at radius 1 is 1.07 bits per heavy atom. The van der Waals surface area contributed by atoms with Crippen LogP contribution in [0.15, 0.2) is 18.2 Å². The molecule has 2 N–H and O–H groups in total. The van der Waals surface area contributed by atoms with Gasteiger partial charge in [0.2, 0.25) is 0 Å². The van der Waals surface area contributed by atoms with E-state index in [4.69, 9.17) is 9.05 Å². The lowest BCUT2D eigenvalue weighted by Crippen LogP contribution is -2.36. The largest absolute Gasteiger partial charge is 0.536 e. The molecule has 29 heavy (non-hydrogen) atoms. The average molecular weight is 448 g/mol. The molecule has 1 aromatic carbocycles. The van der Waals surface area contributed by atoms with Gasteiger partial charge in [-0.05, 0) is 54.2 Å². The van der Waals surface area contributed by atoms with Crippen LogP contribution in [0.2, 0.25) is 0 Å². The highest BCUT2D eigenvalue weighted by molar-refractivity contribution is 7.61. The van der Waals surface area contributed by atoms with Crippen LogP contribution < -0.4 is 4.52 Å². The van der Waals surface area contributed by atoms with Gasteiger partial charge in [0.1, 0.15) is 5.75 Å². The van der Waals surface area contributed by atoms with Gasteiger partial charge in [0.25, 0.3) is 0 Å². The molecule has 0 amide bonds. The summed E-state index contributed by atoms with van der Waals surface area (Å²) in [7, 11) is -9.70. The molecule has 0 aromatic heterocycles. The van der Waals surface area contributed by atoms with Crippen LogP contribution in [0.1, 0.15) is 70.9 Å². The molecular formula is C20H34O7P2. The van der Waals surface area contributed by atoms with Crippen LogP contribution in [0.3, 0.4) is 0 Å². The first-order valence-corrected chi connectivity index (χ1v) is 13.2. The van der Waals surface area contributed by atoms with Crippen LogP contribution in [0.4, 0.5) is 0 Å². The van der Waals surface area contributed by atoms with Crippen molar-refractivity contribution >= 4 is 15.6 Å². The van der Waals surface area contributed by atoms with Crippen molar-refractivity contribution in [2.45, 2.75) is 72.8 Å². The molecular weight excluding hydrogens is 414 g/mol. The van der Waals surface area contributed by atoms with Gasteiger partial charge in [-0.3, -0.25) is 9.42 Å². The van der Waals surface area contributed by atoms with Crippen LogP contribution in [0.5, 0.6) is 5.75 Å². The Morgan fingerprint density at radius 3 is 2.31 bits per heavy atom. The van der Waals surface area contributed by atoms with E-state index >= 15 is 0 Å². The van der Waals surface area contributed by atoms with Crippen molar-refractivity contribution in [2.24, 2.45) is 17.8 Å². The molecule has 7 nitrogen and oxygen atoms in total. The van der Waals surface area contributed by atoms with Gasteiger partial charge in [-0.15, -0.1) is 0 Å². The van der Waals surface area contributed by atoms with Crippen molar-refractivity contribution in [3.8, 4) is 5.75 Å². The number of aryl methyl sites for hydroxylation is 1. The molecule has 1 aliphatic carbocycles. The fraction of sp³-hybridized carbons (Fsp3) is 0.700. The van der Waals surface area contributed by atoms with Gasteiger partial charge in [-0.25, -0.2) is 9.13 Å². The van der Waals surface area contributed by atoms with Gasteiger partial charge in [0.15, 0.2) is 0 Å². The SMILES string of the molecule is Cc1ccc(C(C)C)c(OP(=O)(O)OP(=O)(O)OC2CCCC(C)C2C(C)C)c1. The van der Waals surface area contributed by atoms with E-state index in [9.17, 15) is 18.9 Å². The number of phosphoric acid groups is 2. The number of benzene rings is 1. The second-order valence-electron chi connectivity index (χ2n) is 8.68. The zero-order valence-corrected chi connectivity index (χ0v) is 19.9. The molecule has 9 heteroatoms. The Hall–Kier alpha value is -0.680. The van der Waals surface area contributed by atoms with Crippen molar-refractivity contribution in [2.75, 3.05) is 0 Å². The molecule has 0 aliphatic heterocycles. The van der Waals surface area contributed by atoms with Crippen LogP contribution in [0, 0.1) is 24.7 Å². The molecule has 0 radical (unpaired) electrons. The Labute approximate surface area is 174 Å². The fourth-order valence-corrected chi connectivity index (χ4v) is 6.59. The molecule has 5 unspecified atom stereocenters. The molecule has 0 spiro atoms. The lowest BCUT2D eigenvalue weighted by molar-refractivity contribution is 0.0114. The Kier molecular flexibility index (Phi) is 8.17. The van der Waals surface area contributed by atoms with Gasteiger partial charge < -0.3 is 9.42 Å². The van der Waals surface area contributed by atoms with Crippen LogP contribution >= 0.6 is 15.6 Å². The lowest BCUT2D eigenvalue weighted by atomic mass is 9.73. The maximum atomic E-state index is 12.5. The predicted octanol–water partition coefficient (Wildman–Crippen LogP) is 6.19. The van der Waals surface area contributed by atoms with Gasteiger partial charge in [-0.2, -0.15) is 4.31 Å². The summed E-state index contributed by atoms with van der Waals surface area (Å²) in [6.07, 6.45) is 1.97. The number of rotatable bonds is 8. The number of hydrogen-bond donors (Lipinski definition) is 2. The standard InChI is InChI=1S/C20H34O7P2/c1-13(2)17-11-10-15(5)12-19(17)26-29(23,24)27-28(21,22)25-18-9-7-8-16(6)20(18)14(3)4/h10-14,16,18,20H,7-9H2,1-6H3,(H,21,22)(H,23,24). The minimum Gasteiger partial charge on any atom is -0.404 e. The van der Waals surface area contributed by atoms with Crippen molar-refractivity contribution < 1.29 is 32.3 Å². The molecule has 166 valence electrons. The van der Waals surface area contributed by atoms with Gasteiger partial charge in [0, 0.05) is 0 Å². The first kappa shape index (κ1) is 24.6. The highest BCUT2D eigenvalue weighted by Crippen LogP contribution is 2.62. The molecule has 0 heterocycles. The molecule has 0 saturated heterocycles. The summed E-state index contributed by atoms with van der Waals surface area (Å²) in [5.74, 6) is 0.812. The summed E-state index contributed by atoms with van der Waals surface area (Å²) < 4.78 is 40.2. The van der Waals surface area contributed by atoms with E-state index in [2.05, 4.69) is 11.2 Å².